The van der Waals surface area contributed by atoms with E-state index in [4.69, 9.17) is 4.99 Å². The van der Waals surface area contributed by atoms with E-state index < -0.39 is 0 Å². The molecule has 2 fully saturated rings. The van der Waals surface area contributed by atoms with Gasteiger partial charge in [0.1, 0.15) is 0 Å². The Bertz CT molecular complexity index is 528. The summed E-state index contributed by atoms with van der Waals surface area (Å²) in [6.45, 7) is 13.7. The number of hydrogen-bond acceptors (Lipinski definition) is 4. The van der Waals surface area contributed by atoms with Gasteiger partial charge in [-0.15, -0.1) is 24.0 Å². The van der Waals surface area contributed by atoms with Gasteiger partial charge in [-0.3, -0.25) is 14.7 Å². The molecule has 2 rings (SSSR count). The minimum Gasteiger partial charge on any atom is -0.396 e. The Hall–Kier alpha value is -0.610. The Morgan fingerprint density at radius 1 is 1.06 bits per heavy atom. The van der Waals surface area contributed by atoms with Crippen molar-refractivity contribution in [1.29, 1.82) is 0 Å². The number of guanidine groups is 1. The van der Waals surface area contributed by atoms with Crippen molar-refractivity contribution in [2.45, 2.75) is 65.7 Å². The Morgan fingerprint density at radius 2 is 1.71 bits per heavy atom. The standard InChI is InChI=1S/C23H45N5O2.HI/c1-4-23(5-2,11-18-29)19-26-22(24-6-3)25-12-13-27-14-16-28(17-15-27)21(30)20-9-7-8-10-20;/h20,29H,4-19H2,1-3H3,(H2,24,25,26);1H. The molecule has 0 spiro atoms. The second kappa shape index (κ2) is 15.3. The van der Waals surface area contributed by atoms with Gasteiger partial charge < -0.3 is 20.6 Å². The van der Waals surface area contributed by atoms with E-state index >= 15 is 0 Å². The number of amides is 1. The van der Waals surface area contributed by atoms with Gasteiger partial charge >= 0.3 is 0 Å². The lowest BCUT2D eigenvalue weighted by molar-refractivity contribution is -0.137. The van der Waals surface area contributed by atoms with Crippen molar-refractivity contribution in [1.82, 2.24) is 20.4 Å². The van der Waals surface area contributed by atoms with Gasteiger partial charge in [-0.2, -0.15) is 0 Å². The summed E-state index contributed by atoms with van der Waals surface area (Å²) in [4.78, 5) is 21.9. The van der Waals surface area contributed by atoms with Crippen molar-refractivity contribution in [2.24, 2.45) is 16.3 Å². The SMILES string of the molecule is CCNC(=NCC(CC)(CC)CCO)NCCN1CCN(C(=O)C2CCCC2)CC1.I. The van der Waals surface area contributed by atoms with Crippen LogP contribution in [0.3, 0.4) is 0 Å². The number of aliphatic hydroxyl groups is 1. The number of nitrogens with one attached hydrogen (secondary N) is 2. The van der Waals surface area contributed by atoms with Crippen LogP contribution in [0.5, 0.6) is 0 Å². The lowest BCUT2D eigenvalue weighted by atomic mass is 9.79. The highest BCUT2D eigenvalue weighted by Gasteiger charge is 2.29. The molecule has 1 aliphatic heterocycles. The summed E-state index contributed by atoms with van der Waals surface area (Å²) < 4.78 is 0. The van der Waals surface area contributed by atoms with E-state index in [9.17, 15) is 9.90 Å². The monoisotopic (exact) mass is 551 g/mol. The normalized spacial score (nSPS) is 18.7. The molecule has 8 heteroatoms. The molecule has 0 radical (unpaired) electrons. The molecule has 0 unspecified atom stereocenters. The zero-order valence-corrected chi connectivity index (χ0v) is 22.3. The Balaban J connectivity index is 0.00000480. The van der Waals surface area contributed by atoms with Crippen LogP contribution in [0.25, 0.3) is 0 Å². The molecule has 0 aromatic heterocycles. The zero-order chi connectivity index (χ0) is 21.8. The average Bonchev–Trinajstić information content (AvgIpc) is 3.31. The highest BCUT2D eigenvalue weighted by Crippen LogP contribution is 2.30. The first kappa shape index (κ1) is 28.4. The van der Waals surface area contributed by atoms with E-state index in [-0.39, 0.29) is 36.0 Å². The van der Waals surface area contributed by atoms with Crippen LogP contribution in [-0.2, 0) is 4.79 Å². The molecule has 182 valence electrons. The Kier molecular flexibility index (Phi) is 14.0. The molecule has 31 heavy (non-hydrogen) atoms. The van der Waals surface area contributed by atoms with Crippen LogP contribution in [-0.4, -0.2) is 85.7 Å². The molecule has 1 saturated carbocycles. The molecule has 2 aliphatic rings. The topological polar surface area (TPSA) is 80.2 Å². The minimum absolute atomic E-state index is 0. The molecular weight excluding hydrogens is 505 g/mol. The largest absolute Gasteiger partial charge is 0.396 e. The van der Waals surface area contributed by atoms with Crippen LogP contribution >= 0.6 is 24.0 Å². The van der Waals surface area contributed by atoms with Crippen LogP contribution in [0.4, 0.5) is 0 Å². The quantitative estimate of drug-likeness (QED) is 0.209. The second-order valence-corrected chi connectivity index (χ2v) is 8.95. The van der Waals surface area contributed by atoms with Crippen molar-refractivity contribution in [3.63, 3.8) is 0 Å². The maximum Gasteiger partial charge on any atom is 0.225 e. The number of nitrogens with zero attached hydrogens (tertiary/aromatic N) is 3. The molecule has 1 aliphatic carbocycles. The lowest BCUT2D eigenvalue weighted by Crippen LogP contribution is -2.52. The van der Waals surface area contributed by atoms with Crippen LogP contribution in [0.2, 0.25) is 0 Å². The van der Waals surface area contributed by atoms with Crippen molar-refractivity contribution in [3.8, 4) is 0 Å². The van der Waals surface area contributed by atoms with E-state index in [1.807, 2.05) is 0 Å². The molecule has 0 atom stereocenters. The van der Waals surface area contributed by atoms with Crippen molar-refractivity contribution < 1.29 is 9.90 Å². The van der Waals surface area contributed by atoms with E-state index in [0.29, 0.717) is 11.8 Å². The number of aliphatic hydroxyl groups excluding tert-OH is 1. The summed E-state index contributed by atoms with van der Waals surface area (Å²) in [7, 11) is 0. The van der Waals surface area contributed by atoms with Gasteiger partial charge in [-0.25, -0.2) is 0 Å². The summed E-state index contributed by atoms with van der Waals surface area (Å²) in [5, 5.41) is 16.2. The number of piperazine rings is 1. The summed E-state index contributed by atoms with van der Waals surface area (Å²) >= 11 is 0. The van der Waals surface area contributed by atoms with Gasteiger partial charge in [0, 0.05) is 64.9 Å². The maximum absolute atomic E-state index is 12.6. The number of rotatable bonds is 11. The Labute approximate surface area is 206 Å². The van der Waals surface area contributed by atoms with E-state index in [0.717, 1.165) is 90.4 Å². The third-order valence-electron chi connectivity index (χ3n) is 7.17. The fourth-order valence-electron chi connectivity index (χ4n) is 4.69. The molecule has 0 aromatic rings. The fraction of sp³-hybridized carbons (Fsp3) is 0.913. The third kappa shape index (κ3) is 9.04. The summed E-state index contributed by atoms with van der Waals surface area (Å²) in [6, 6.07) is 0. The van der Waals surface area contributed by atoms with Crippen LogP contribution in [0.15, 0.2) is 4.99 Å². The smallest absolute Gasteiger partial charge is 0.225 e. The number of carbonyl (C=O) groups excluding carboxylic acids is 1. The van der Waals surface area contributed by atoms with Gasteiger partial charge in [0.05, 0.1) is 0 Å². The number of aliphatic imine (C=N–C) groups is 1. The predicted octanol–water partition coefficient (Wildman–Crippen LogP) is 2.68. The first-order valence-corrected chi connectivity index (χ1v) is 12.2. The number of halogens is 1. The molecule has 0 bridgehead atoms. The van der Waals surface area contributed by atoms with E-state index in [1.165, 1.54) is 12.8 Å². The predicted molar refractivity (Wildman–Crippen MR) is 139 cm³/mol. The minimum atomic E-state index is 0. The van der Waals surface area contributed by atoms with Crippen molar-refractivity contribution >= 4 is 35.8 Å². The van der Waals surface area contributed by atoms with Gasteiger partial charge in [0.2, 0.25) is 5.91 Å². The number of hydrogen-bond donors (Lipinski definition) is 3. The molecular formula is C23H46IN5O2. The Morgan fingerprint density at radius 3 is 2.26 bits per heavy atom. The first-order chi connectivity index (χ1) is 14.6. The zero-order valence-electron chi connectivity index (χ0n) is 20.0. The second-order valence-electron chi connectivity index (χ2n) is 8.95. The average molecular weight is 552 g/mol. The summed E-state index contributed by atoms with van der Waals surface area (Å²) in [5.74, 6) is 1.54. The van der Waals surface area contributed by atoms with Gasteiger partial charge in [-0.1, -0.05) is 26.7 Å². The van der Waals surface area contributed by atoms with Crippen molar-refractivity contribution in [3.05, 3.63) is 0 Å². The van der Waals surface area contributed by atoms with Crippen LogP contribution < -0.4 is 10.6 Å². The molecule has 1 amide bonds. The number of carbonyl (C=O) groups is 1. The van der Waals surface area contributed by atoms with E-state index in [2.05, 4.69) is 41.2 Å². The molecule has 1 heterocycles. The van der Waals surface area contributed by atoms with Gasteiger partial charge in [0.15, 0.2) is 5.96 Å². The third-order valence-corrected chi connectivity index (χ3v) is 7.17. The van der Waals surface area contributed by atoms with Crippen LogP contribution in [0.1, 0.15) is 65.7 Å². The maximum atomic E-state index is 12.6. The summed E-state index contributed by atoms with van der Waals surface area (Å²) in [6.07, 6.45) is 7.46. The molecule has 7 nitrogen and oxygen atoms in total. The lowest BCUT2D eigenvalue weighted by Gasteiger charge is -2.36. The molecule has 3 N–H and O–H groups in total. The molecule has 1 saturated heterocycles. The van der Waals surface area contributed by atoms with Crippen LogP contribution in [0, 0.1) is 11.3 Å². The highest BCUT2D eigenvalue weighted by atomic mass is 127. The highest BCUT2D eigenvalue weighted by molar-refractivity contribution is 14.0. The van der Waals surface area contributed by atoms with E-state index in [1.54, 1.807) is 0 Å². The summed E-state index contributed by atoms with van der Waals surface area (Å²) in [5.41, 5.74) is 0.0826. The fourth-order valence-corrected chi connectivity index (χ4v) is 4.69. The van der Waals surface area contributed by atoms with Gasteiger partial charge in [-0.05, 0) is 44.4 Å². The first-order valence-electron chi connectivity index (χ1n) is 12.2. The van der Waals surface area contributed by atoms with Gasteiger partial charge in [0.25, 0.3) is 0 Å². The van der Waals surface area contributed by atoms with Crippen molar-refractivity contribution in [2.75, 3.05) is 59.0 Å². The molecule has 0 aromatic carbocycles.